The van der Waals surface area contributed by atoms with Crippen LogP contribution in [0.4, 0.5) is 0 Å². The van der Waals surface area contributed by atoms with Crippen LogP contribution in [0.1, 0.15) is 26.3 Å². The first-order chi connectivity index (χ1) is 8.87. The minimum Gasteiger partial charge on any atom is -0.459 e. The molecule has 2 aromatic rings. The molecular weight excluding hydrogens is 242 g/mol. The molecular formula is C14H19N3O2. The number of H-pyrrole nitrogens is 1. The number of carbonyl (C=O) groups excluding carboxylic acids is 1. The highest BCUT2D eigenvalue weighted by atomic mass is 16.6. The zero-order chi connectivity index (χ0) is 14.0. The van der Waals surface area contributed by atoms with E-state index in [9.17, 15) is 4.79 Å². The van der Waals surface area contributed by atoms with Gasteiger partial charge in [0.1, 0.15) is 11.6 Å². The molecule has 0 aliphatic heterocycles. The molecule has 1 unspecified atom stereocenters. The second kappa shape index (κ2) is 5.01. The molecule has 0 radical (unpaired) electrons. The van der Waals surface area contributed by atoms with E-state index in [1.54, 1.807) is 6.20 Å². The third-order valence-electron chi connectivity index (χ3n) is 2.66. The van der Waals surface area contributed by atoms with Crippen LogP contribution in [0.15, 0.2) is 24.5 Å². The minimum atomic E-state index is -0.680. The first-order valence-electron chi connectivity index (χ1n) is 6.26. The zero-order valence-electron chi connectivity index (χ0n) is 11.4. The van der Waals surface area contributed by atoms with Crippen molar-refractivity contribution in [2.45, 2.75) is 38.8 Å². The summed E-state index contributed by atoms with van der Waals surface area (Å²) in [6.07, 6.45) is 3.96. The largest absolute Gasteiger partial charge is 0.459 e. The van der Waals surface area contributed by atoms with Crippen molar-refractivity contribution in [1.29, 1.82) is 0 Å². The van der Waals surface area contributed by atoms with Crippen molar-refractivity contribution >= 4 is 17.0 Å². The summed E-state index contributed by atoms with van der Waals surface area (Å²) in [6, 6.07) is 3.11. The highest BCUT2D eigenvalue weighted by molar-refractivity contribution is 5.81. The van der Waals surface area contributed by atoms with Gasteiger partial charge in [0.15, 0.2) is 0 Å². The Balaban J connectivity index is 2.10. The van der Waals surface area contributed by atoms with Gasteiger partial charge in [0, 0.05) is 18.8 Å². The summed E-state index contributed by atoms with van der Waals surface area (Å²) in [4.78, 5) is 19.2. The van der Waals surface area contributed by atoms with E-state index in [1.807, 2.05) is 39.1 Å². The number of rotatable bonds is 3. The molecule has 5 nitrogen and oxygen atoms in total. The van der Waals surface area contributed by atoms with Gasteiger partial charge in [-0.2, -0.15) is 0 Å². The Morgan fingerprint density at radius 1 is 1.53 bits per heavy atom. The number of nitrogens with two attached hydrogens (primary N) is 1. The monoisotopic (exact) mass is 261 g/mol. The predicted molar refractivity (Wildman–Crippen MR) is 73.6 cm³/mol. The molecule has 102 valence electrons. The van der Waals surface area contributed by atoms with E-state index in [0.717, 1.165) is 16.6 Å². The molecule has 0 saturated carbocycles. The van der Waals surface area contributed by atoms with Crippen LogP contribution >= 0.6 is 0 Å². The maximum absolute atomic E-state index is 11.8. The van der Waals surface area contributed by atoms with Gasteiger partial charge in [-0.15, -0.1) is 0 Å². The maximum atomic E-state index is 11.8. The highest BCUT2D eigenvalue weighted by Gasteiger charge is 2.23. The number of aromatic amines is 1. The molecule has 3 N–H and O–H groups in total. The van der Waals surface area contributed by atoms with Gasteiger partial charge >= 0.3 is 5.97 Å². The summed E-state index contributed by atoms with van der Waals surface area (Å²) in [7, 11) is 0. The van der Waals surface area contributed by atoms with Gasteiger partial charge in [0.05, 0.1) is 11.0 Å². The molecule has 2 aromatic heterocycles. The summed E-state index contributed by atoms with van der Waals surface area (Å²) in [5.74, 6) is -0.391. The van der Waals surface area contributed by atoms with Crippen LogP contribution in [0.3, 0.4) is 0 Å². The average molecular weight is 261 g/mol. The lowest BCUT2D eigenvalue weighted by molar-refractivity contribution is -0.156. The van der Waals surface area contributed by atoms with Crippen molar-refractivity contribution in [3.05, 3.63) is 30.1 Å². The summed E-state index contributed by atoms with van der Waals surface area (Å²) < 4.78 is 5.27. The lowest BCUT2D eigenvalue weighted by atomic mass is 10.1. The summed E-state index contributed by atoms with van der Waals surface area (Å²) in [5, 5.41) is 0. The Kier molecular flexibility index (Phi) is 3.57. The van der Waals surface area contributed by atoms with Gasteiger partial charge in [-0.05, 0) is 38.5 Å². The number of aromatic nitrogens is 2. The molecule has 0 spiro atoms. The molecule has 0 fully saturated rings. The molecule has 19 heavy (non-hydrogen) atoms. The number of esters is 1. The van der Waals surface area contributed by atoms with Gasteiger partial charge in [0.25, 0.3) is 0 Å². The fraction of sp³-hybridized carbons (Fsp3) is 0.429. The van der Waals surface area contributed by atoms with Gasteiger partial charge in [-0.25, -0.2) is 0 Å². The Labute approximate surface area is 112 Å². The fourth-order valence-electron chi connectivity index (χ4n) is 1.86. The van der Waals surface area contributed by atoms with Crippen LogP contribution in [0.25, 0.3) is 11.0 Å². The first-order valence-corrected chi connectivity index (χ1v) is 6.26. The Bertz CT molecular complexity index is 584. The van der Waals surface area contributed by atoms with Crippen LogP contribution in [0.2, 0.25) is 0 Å². The van der Waals surface area contributed by atoms with E-state index >= 15 is 0 Å². The molecule has 1 atom stereocenters. The Morgan fingerprint density at radius 3 is 2.95 bits per heavy atom. The van der Waals surface area contributed by atoms with Crippen molar-refractivity contribution in [3.63, 3.8) is 0 Å². The molecule has 0 amide bonds. The predicted octanol–water partition coefficient (Wildman–Crippen LogP) is 1.77. The topological polar surface area (TPSA) is 81.0 Å². The molecule has 5 heteroatoms. The maximum Gasteiger partial charge on any atom is 0.323 e. The standard InChI is InChI=1S/C14H19N3O2/c1-14(2,3)19-13(18)10(15)7-9-8-17-11-5-4-6-16-12(9)11/h4-6,8,10,17H,7,15H2,1-3H3. The van der Waals surface area contributed by atoms with Gasteiger partial charge in [0.2, 0.25) is 0 Å². The Morgan fingerprint density at radius 2 is 2.26 bits per heavy atom. The third kappa shape index (κ3) is 3.32. The second-order valence-corrected chi connectivity index (χ2v) is 5.56. The van der Waals surface area contributed by atoms with E-state index in [-0.39, 0.29) is 0 Å². The smallest absolute Gasteiger partial charge is 0.323 e. The number of fused-ring (bicyclic) bond motifs is 1. The van der Waals surface area contributed by atoms with Crippen molar-refractivity contribution in [3.8, 4) is 0 Å². The van der Waals surface area contributed by atoms with Crippen molar-refractivity contribution in [1.82, 2.24) is 9.97 Å². The highest BCUT2D eigenvalue weighted by Crippen LogP contribution is 2.17. The van der Waals surface area contributed by atoms with Crippen molar-refractivity contribution < 1.29 is 9.53 Å². The van der Waals surface area contributed by atoms with Crippen molar-refractivity contribution in [2.24, 2.45) is 5.73 Å². The quantitative estimate of drug-likeness (QED) is 0.825. The SMILES string of the molecule is CC(C)(C)OC(=O)C(N)Cc1c[nH]c2cccnc12. The molecule has 2 rings (SSSR count). The molecule has 0 aliphatic carbocycles. The number of hydrogen-bond donors (Lipinski definition) is 2. The van der Waals surface area contributed by atoms with E-state index in [2.05, 4.69) is 9.97 Å². The van der Waals surface area contributed by atoms with Crippen LogP contribution < -0.4 is 5.73 Å². The lowest BCUT2D eigenvalue weighted by Crippen LogP contribution is -2.38. The summed E-state index contributed by atoms with van der Waals surface area (Å²) in [6.45, 7) is 5.47. The number of carbonyl (C=O) groups is 1. The molecule has 0 saturated heterocycles. The van der Waals surface area contributed by atoms with E-state index in [0.29, 0.717) is 6.42 Å². The van der Waals surface area contributed by atoms with E-state index in [1.165, 1.54) is 0 Å². The van der Waals surface area contributed by atoms with Gasteiger partial charge < -0.3 is 15.5 Å². The van der Waals surface area contributed by atoms with Crippen LogP contribution in [-0.4, -0.2) is 27.6 Å². The van der Waals surface area contributed by atoms with Crippen LogP contribution in [-0.2, 0) is 16.0 Å². The van der Waals surface area contributed by atoms with Gasteiger partial charge in [-0.1, -0.05) is 0 Å². The lowest BCUT2D eigenvalue weighted by Gasteiger charge is -2.22. The third-order valence-corrected chi connectivity index (χ3v) is 2.66. The fourth-order valence-corrected chi connectivity index (χ4v) is 1.86. The van der Waals surface area contributed by atoms with Crippen LogP contribution in [0.5, 0.6) is 0 Å². The number of nitrogens with zero attached hydrogens (tertiary/aromatic N) is 1. The Hall–Kier alpha value is -1.88. The van der Waals surface area contributed by atoms with E-state index < -0.39 is 17.6 Å². The summed E-state index contributed by atoms with van der Waals surface area (Å²) in [5.41, 5.74) is 8.08. The normalized spacial score (nSPS) is 13.5. The second-order valence-electron chi connectivity index (χ2n) is 5.56. The van der Waals surface area contributed by atoms with E-state index in [4.69, 9.17) is 10.5 Å². The van der Waals surface area contributed by atoms with Gasteiger partial charge in [-0.3, -0.25) is 9.78 Å². The van der Waals surface area contributed by atoms with Crippen molar-refractivity contribution in [2.75, 3.05) is 0 Å². The number of hydrogen-bond acceptors (Lipinski definition) is 4. The van der Waals surface area contributed by atoms with Crippen LogP contribution in [0, 0.1) is 0 Å². The zero-order valence-corrected chi connectivity index (χ0v) is 11.4. The molecule has 0 bridgehead atoms. The molecule has 2 heterocycles. The first kappa shape index (κ1) is 13.5. The summed E-state index contributed by atoms with van der Waals surface area (Å²) >= 11 is 0. The molecule has 0 aromatic carbocycles. The minimum absolute atomic E-state index is 0.391. The number of nitrogens with one attached hydrogen (secondary N) is 1. The average Bonchev–Trinajstić information content (AvgIpc) is 2.70. The number of ether oxygens (including phenoxy) is 1. The number of pyridine rings is 1. The molecule has 0 aliphatic rings.